The second kappa shape index (κ2) is 4.47. The van der Waals surface area contributed by atoms with Crippen LogP contribution in [0.25, 0.3) is 10.4 Å². The molecule has 1 heterocycles. The molecule has 0 atom stereocenters. The molecule has 0 spiro atoms. The standard InChI is InChI=1S/C12H14N4O/c1-8-3-4-10(5-9(8)2)12(17)16-6-11(7-16)14-15-13/h3-5,11H,6-7H2,1-2H3. The summed E-state index contributed by atoms with van der Waals surface area (Å²) < 4.78 is 0. The van der Waals surface area contributed by atoms with Crippen LogP contribution in [0.15, 0.2) is 23.3 Å². The molecule has 5 heteroatoms. The zero-order chi connectivity index (χ0) is 12.4. The van der Waals surface area contributed by atoms with E-state index in [4.69, 9.17) is 5.53 Å². The van der Waals surface area contributed by atoms with Crippen molar-refractivity contribution in [3.05, 3.63) is 45.3 Å². The van der Waals surface area contributed by atoms with Gasteiger partial charge >= 0.3 is 0 Å². The number of likely N-dealkylation sites (tertiary alicyclic amines) is 1. The molecule has 17 heavy (non-hydrogen) atoms. The molecule has 88 valence electrons. The molecular weight excluding hydrogens is 216 g/mol. The Morgan fingerprint density at radius 2 is 2.12 bits per heavy atom. The van der Waals surface area contributed by atoms with E-state index in [-0.39, 0.29) is 11.9 Å². The first kappa shape index (κ1) is 11.5. The number of amides is 1. The van der Waals surface area contributed by atoms with E-state index >= 15 is 0 Å². The van der Waals surface area contributed by atoms with Crippen molar-refractivity contribution in [3.8, 4) is 0 Å². The maximum atomic E-state index is 12.0. The second-order valence-electron chi connectivity index (χ2n) is 4.37. The van der Waals surface area contributed by atoms with Gasteiger partial charge < -0.3 is 4.90 Å². The second-order valence-corrected chi connectivity index (χ2v) is 4.37. The first-order chi connectivity index (χ1) is 8.11. The number of hydrogen-bond acceptors (Lipinski definition) is 2. The number of carbonyl (C=O) groups excluding carboxylic acids is 1. The van der Waals surface area contributed by atoms with Crippen molar-refractivity contribution in [2.75, 3.05) is 13.1 Å². The number of carbonyl (C=O) groups is 1. The Balaban J connectivity index is 2.06. The van der Waals surface area contributed by atoms with Crippen molar-refractivity contribution in [2.45, 2.75) is 19.9 Å². The number of benzene rings is 1. The summed E-state index contributed by atoms with van der Waals surface area (Å²) in [5, 5.41) is 3.57. The summed E-state index contributed by atoms with van der Waals surface area (Å²) in [6.07, 6.45) is 0. The van der Waals surface area contributed by atoms with E-state index in [1.165, 1.54) is 5.56 Å². The summed E-state index contributed by atoms with van der Waals surface area (Å²) in [7, 11) is 0. The molecule has 1 aliphatic heterocycles. The average Bonchev–Trinajstić information content (AvgIpc) is 2.26. The van der Waals surface area contributed by atoms with Gasteiger partial charge in [-0.2, -0.15) is 0 Å². The minimum atomic E-state index is -0.0597. The van der Waals surface area contributed by atoms with Gasteiger partial charge in [0.2, 0.25) is 0 Å². The zero-order valence-corrected chi connectivity index (χ0v) is 9.92. The van der Waals surface area contributed by atoms with Crippen LogP contribution in [-0.2, 0) is 0 Å². The van der Waals surface area contributed by atoms with Gasteiger partial charge in [0, 0.05) is 23.6 Å². The van der Waals surface area contributed by atoms with Crippen molar-refractivity contribution in [2.24, 2.45) is 5.11 Å². The van der Waals surface area contributed by atoms with Crippen molar-refractivity contribution >= 4 is 5.91 Å². The van der Waals surface area contributed by atoms with Gasteiger partial charge in [-0.15, -0.1) is 0 Å². The predicted octanol–water partition coefficient (Wildman–Crippen LogP) is 2.44. The zero-order valence-electron chi connectivity index (χ0n) is 9.92. The topological polar surface area (TPSA) is 69.1 Å². The van der Waals surface area contributed by atoms with Crippen LogP contribution in [0.5, 0.6) is 0 Å². The highest BCUT2D eigenvalue weighted by molar-refractivity contribution is 5.95. The third-order valence-corrected chi connectivity index (χ3v) is 3.12. The summed E-state index contributed by atoms with van der Waals surface area (Å²) in [6.45, 7) is 5.06. The molecule has 0 bridgehead atoms. The van der Waals surface area contributed by atoms with Crippen LogP contribution in [0, 0.1) is 13.8 Å². The maximum absolute atomic E-state index is 12.0. The van der Waals surface area contributed by atoms with E-state index in [9.17, 15) is 4.79 Å². The van der Waals surface area contributed by atoms with Gasteiger partial charge in [-0.1, -0.05) is 11.2 Å². The quantitative estimate of drug-likeness (QED) is 0.437. The third kappa shape index (κ3) is 2.24. The van der Waals surface area contributed by atoms with Gasteiger partial charge in [0.15, 0.2) is 0 Å². The molecule has 1 aromatic carbocycles. The fourth-order valence-electron chi connectivity index (χ4n) is 1.82. The number of rotatable bonds is 2. The highest BCUT2D eigenvalue weighted by Gasteiger charge is 2.30. The molecule has 0 radical (unpaired) electrons. The largest absolute Gasteiger partial charge is 0.338 e. The number of aryl methyl sites for hydroxylation is 2. The monoisotopic (exact) mass is 230 g/mol. The van der Waals surface area contributed by atoms with E-state index < -0.39 is 0 Å². The van der Waals surface area contributed by atoms with Crippen LogP contribution < -0.4 is 0 Å². The van der Waals surface area contributed by atoms with E-state index in [2.05, 4.69) is 10.0 Å². The Morgan fingerprint density at radius 1 is 1.41 bits per heavy atom. The Morgan fingerprint density at radius 3 is 2.71 bits per heavy atom. The van der Waals surface area contributed by atoms with Gasteiger partial charge in [0.1, 0.15) is 0 Å². The van der Waals surface area contributed by atoms with Crippen LogP contribution in [0.1, 0.15) is 21.5 Å². The van der Waals surface area contributed by atoms with Crippen LogP contribution in [0.2, 0.25) is 0 Å². The summed E-state index contributed by atoms with van der Waals surface area (Å²) in [6, 6.07) is 5.63. The molecule has 1 aromatic rings. The van der Waals surface area contributed by atoms with Gasteiger partial charge in [-0.3, -0.25) is 4.79 Å². The lowest BCUT2D eigenvalue weighted by Crippen LogP contribution is -2.52. The molecule has 0 N–H and O–H groups in total. The molecule has 0 saturated carbocycles. The molecule has 0 aliphatic carbocycles. The van der Waals surface area contributed by atoms with Crippen LogP contribution >= 0.6 is 0 Å². The van der Waals surface area contributed by atoms with Gasteiger partial charge in [-0.05, 0) is 42.6 Å². The molecule has 2 rings (SSSR count). The summed E-state index contributed by atoms with van der Waals surface area (Å²) in [5.74, 6) is 0.0116. The molecule has 1 amide bonds. The summed E-state index contributed by atoms with van der Waals surface area (Å²) in [4.78, 5) is 16.5. The third-order valence-electron chi connectivity index (χ3n) is 3.12. The fraction of sp³-hybridized carbons (Fsp3) is 0.417. The molecular formula is C12H14N4O. The molecule has 5 nitrogen and oxygen atoms in total. The molecule has 1 fully saturated rings. The van der Waals surface area contributed by atoms with Gasteiger partial charge in [0.25, 0.3) is 5.91 Å². The smallest absolute Gasteiger partial charge is 0.253 e. The van der Waals surface area contributed by atoms with Gasteiger partial charge in [0.05, 0.1) is 6.04 Å². The fourth-order valence-corrected chi connectivity index (χ4v) is 1.82. The lowest BCUT2D eigenvalue weighted by molar-refractivity contribution is 0.0608. The van der Waals surface area contributed by atoms with Crippen LogP contribution in [-0.4, -0.2) is 29.9 Å². The van der Waals surface area contributed by atoms with Crippen LogP contribution in [0.3, 0.4) is 0 Å². The Bertz CT molecular complexity index is 499. The molecule has 1 aliphatic rings. The van der Waals surface area contributed by atoms with E-state index in [1.807, 2.05) is 32.0 Å². The minimum absolute atomic E-state index is 0.0116. The average molecular weight is 230 g/mol. The number of azide groups is 1. The van der Waals surface area contributed by atoms with E-state index in [0.29, 0.717) is 18.7 Å². The number of nitrogens with zero attached hydrogens (tertiary/aromatic N) is 4. The SMILES string of the molecule is Cc1ccc(C(=O)N2CC(N=[N+]=[N-])C2)cc1C. The summed E-state index contributed by atoms with van der Waals surface area (Å²) in [5.41, 5.74) is 11.3. The summed E-state index contributed by atoms with van der Waals surface area (Å²) >= 11 is 0. The lowest BCUT2D eigenvalue weighted by Gasteiger charge is -2.36. The highest BCUT2D eigenvalue weighted by Crippen LogP contribution is 2.17. The lowest BCUT2D eigenvalue weighted by atomic mass is 10.0. The predicted molar refractivity (Wildman–Crippen MR) is 64.8 cm³/mol. The normalized spacial score (nSPS) is 15.1. The first-order valence-electron chi connectivity index (χ1n) is 5.52. The Hall–Kier alpha value is -2.00. The molecule has 1 saturated heterocycles. The van der Waals surface area contributed by atoms with Crippen molar-refractivity contribution in [1.82, 2.24) is 4.90 Å². The van der Waals surface area contributed by atoms with Crippen molar-refractivity contribution < 1.29 is 4.79 Å². The molecule has 0 unspecified atom stereocenters. The van der Waals surface area contributed by atoms with E-state index in [1.54, 1.807) is 4.90 Å². The van der Waals surface area contributed by atoms with Crippen molar-refractivity contribution in [3.63, 3.8) is 0 Å². The minimum Gasteiger partial charge on any atom is -0.338 e. The maximum Gasteiger partial charge on any atom is 0.253 e. The molecule has 0 aromatic heterocycles. The van der Waals surface area contributed by atoms with Crippen LogP contribution in [0.4, 0.5) is 0 Å². The van der Waals surface area contributed by atoms with E-state index in [0.717, 1.165) is 5.56 Å². The Kier molecular flexibility index (Phi) is 3.02. The first-order valence-corrected chi connectivity index (χ1v) is 5.52. The number of hydrogen-bond donors (Lipinski definition) is 0. The van der Waals surface area contributed by atoms with Crippen molar-refractivity contribution in [1.29, 1.82) is 0 Å². The van der Waals surface area contributed by atoms with Gasteiger partial charge in [-0.25, -0.2) is 0 Å². The Labute approximate surface area is 99.7 Å². The highest BCUT2D eigenvalue weighted by atomic mass is 16.2.